The van der Waals surface area contributed by atoms with Gasteiger partial charge in [-0.15, -0.1) is 0 Å². The molecular weight excluding hydrogens is 448 g/mol. The van der Waals surface area contributed by atoms with Gasteiger partial charge in [-0.25, -0.2) is 4.79 Å². The lowest BCUT2D eigenvalue weighted by molar-refractivity contribution is -0.167. The van der Waals surface area contributed by atoms with Gasteiger partial charge >= 0.3 is 17.9 Å². The van der Waals surface area contributed by atoms with Gasteiger partial charge in [0.1, 0.15) is 18.0 Å². The topological polar surface area (TPSA) is 96.0 Å². The van der Waals surface area contributed by atoms with E-state index in [2.05, 4.69) is 6.92 Å². The predicted molar refractivity (Wildman–Crippen MR) is 127 cm³/mol. The number of rotatable bonds is 5. The first-order valence-corrected chi connectivity index (χ1v) is 12.6. The SMILES string of the molecule is COC(=O)[C@@H]1[C@H]([C@]2(C)CC[C@H](OC(C)=O)CC2=O)CC[C@]2(C)[C@@H](OC(=O)c3ccccc3)CC[C@@H]12. The molecule has 3 saturated carbocycles. The third-order valence-corrected chi connectivity index (χ3v) is 9.10. The van der Waals surface area contributed by atoms with Crippen LogP contribution in [0.2, 0.25) is 0 Å². The van der Waals surface area contributed by atoms with Gasteiger partial charge in [0, 0.05) is 24.2 Å². The average Bonchev–Trinajstić information content (AvgIpc) is 3.16. The molecule has 0 aliphatic heterocycles. The Hall–Kier alpha value is -2.70. The smallest absolute Gasteiger partial charge is 0.338 e. The molecule has 0 radical (unpaired) electrons. The first kappa shape index (κ1) is 25.4. The van der Waals surface area contributed by atoms with Crippen molar-refractivity contribution in [2.45, 2.75) is 77.9 Å². The van der Waals surface area contributed by atoms with Crippen molar-refractivity contribution in [1.29, 1.82) is 0 Å². The molecule has 0 spiro atoms. The van der Waals surface area contributed by atoms with Crippen LogP contribution in [-0.2, 0) is 28.6 Å². The molecule has 190 valence electrons. The molecule has 0 amide bonds. The highest BCUT2D eigenvalue weighted by Crippen LogP contribution is 2.61. The summed E-state index contributed by atoms with van der Waals surface area (Å²) in [5.41, 5.74) is -0.538. The fourth-order valence-electron chi connectivity index (χ4n) is 7.11. The molecule has 1 aromatic carbocycles. The van der Waals surface area contributed by atoms with Crippen LogP contribution >= 0.6 is 0 Å². The molecule has 7 nitrogen and oxygen atoms in total. The van der Waals surface area contributed by atoms with E-state index >= 15 is 0 Å². The van der Waals surface area contributed by atoms with Gasteiger partial charge in [0.2, 0.25) is 0 Å². The Morgan fingerprint density at radius 2 is 1.63 bits per heavy atom. The van der Waals surface area contributed by atoms with Gasteiger partial charge in [-0.05, 0) is 62.5 Å². The van der Waals surface area contributed by atoms with E-state index in [0.717, 1.165) is 12.8 Å². The molecule has 0 unspecified atom stereocenters. The normalized spacial score (nSPS) is 36.7. The van der Waals surface area contributed by atoms with Crippen molar-refractivity contribution < 1.29 is 33.4 Å². The van der Waals surface area contributed by atoms with Crippen molar-refractivity contribution >= 4 is 23.7 Å². The third-order valence-electron chi connectivity index (χ3n) is 9.10. The molecule has 35 heavy (non-hydrogen) atoms. The maximum atomic E-state index is 13.4. The lowest BCUT2D eigenvalue weighted by Crippen LogP contribution is -2.54. The maximum absolute atomic E-state index is 13.4. The van der Waals surface area contributed by atoms with Crippen molar-refractivity contribution in [3.8, 4) is 0 Å². The van der Waals surface area contributed by atoms with Gasteiger partial charge in [-0.3, -0.25) is 14.4 Å². The summed E-state index contributed by atoms with van der Waals surface area (Å²) in [5.74, 6) is -1.63. The molecule has 0 saturated heterocycles. The van der Waals surface area contributed by atoms with Gasteiger partial charge in [0.25, 0.3) is 0 Å². The van der Waals surface area contributed by atoms with Crippen LogP contribution in [0, 0.1) is 28.6 Å². The molecule has 7 heteroatoms. The van der Waals surface area contributed by atoms with Crippen molar-refractivity contribution in [3.63, 3.8) is 0 Å². The minimum Gasteiger partial charge on any atom is -0.469 e. The van der Waals surface area contributed by atoms with Gasteiger partial charge in [0.05, 0.1) is 18.6 Å². The number of methoxy groups -OCH3 is 1. The molecule has 7 atom stereocenters. The molecule has 4 rings (SSSR count). The Morgan fingerprint density at radius 3 is 2.26 bits per heavy atom. The highest BCUT2D eigenvalue weighted by Gasteiger charge is 2.62. The fraction of sp³-hybridized carbons (Fsp3) is 0.643. The Labute approximate surface area is 206 Å². The first-order chi connectivity index (χ1) is 16.6. The van der Waals surface area contributed by atoms with E-state index < -0.39 is 17.4 Å². The van der Waals surface area contributed by atoms with Crippen LogP contribution in [0.5, 0.6) is 0 Å². The largest absolute Gasteiger partial charge is 0.469 e. The van der Waals surface area contributed by atoms with E-state index in [-0.39, 0.29) is 53.5 Å². The summed E-state index contributed by atoms with van der Waals surface area (Å²) in [6.07, 6.45) is 3.51. The van der Waals surface area contributed by atoms with Crippen LogP contribution in [0.4, 0.5) is 0 Å². The number of Topliss-reactive ketones (excluding diaryl/α,β-unsaturated/α-hetero) is 1. The zero-order valence-corrected chi connectivity index (χ0v) is 21.1. The monoisotopic (exact) mass is 484 g/mol. The highest BCUT2D eigenvalue weighted by molar-refractivity contribution is 5.89. The Bertz CT molecular complexity index is 988. The van der Waals surface area contributed by atoms with Crippen LogP contribution in [-0.4, -0.2) is 43.0 Å². The number of fused-ring (bicyclic) bond motifs is 1. The standard InChI is InChI=1S/C28H36O7/c1-17(29)34-19-12-14-27(2,22(30)16-19)21-13-15-28(3)20(24(21)26(32)33-4)10-11-23(28)35-25(31)18-8-6-5-7-9-18/h5-9,19-21,23-24H,10-16H2,1-4H3/t19-,20-,21+,23-,24-,27-,28-/m0/s1. The minimum absolute atomic E-state index is 0.0434. The number of carbonyl (C=O) groups is 4. The van der Waals surface area contributed by atoms with E-state index in [9.17, 15) is 19.2 Å². The van der Waals surface area contributed by atoms with E-state index in [1.807, 2.05) is 25.1 Å². The predicted octanol–water partition coefficient (Wildman–Crippen LogP) is 4.52. The van der Waals surface area contributed by atoms with Gasteiger partial charge in [-0.2, -0.15) is 0 Å². The van der Waals surface area contributed by atoms with Crippen LogP contribution < -0.4 is 0 Å². The number of hydrogen-bond acceptors (Lipinski definition) is 7. The number of benzene rings is 1. The van der Waals surface area contributed by atoms with Crippen molar-refractivity contribution in [3.05, 3.63) is 35.9 Å². The second-order valence-electron chi connectivity index (χ2n) is 11.0. The van der Waals surface area contributed by atoms with Crippen molar-refractivity contribution in [2.24, 2.45) is 28.6 Å². The van der Waals surface area contributed by atoms with Crippen LogP contribution in [0.15, 0.2) is 30.3 Å². The Kier molecular flexibility index (Phi) is 7.07. The lowest BCUT2D eigenvalue weighted by Gasteiger charge is -2.52. The summed E-state index contributed by atoms with van der Waals surface area (Å²) in [7, 11) is 1.40. The number of ether oxygens (including phenoxy) is 3. The van der Waals surface area contributed by atoms with E-state index in [1.54, 1.807) is 12.1 Å². The second-order valence-corrected chi connectivity index (χ2v) is 11.0. The summed E-state index contributed by atoms with van der Waals surface area (Å²) in [4.78, 5) is 50.8. The third kappa shape index (κ3) is 4.62. The average molecular weight is 485 g/mol. The molecule has 0 bridgehead atoms. The van der Waals surface area contributed by atoms with E-state index in [4.69, 9.17) is 14.2 Å². The first-order valence-electron chi connectivity index (χ1n) is 12.6. The summed E-state index contributed by atoms with van der Waals surface area (Å²) in [5, 5.41) is 0. The summed E-state index contributed by atoms with van der Waals surface area (Å²) < 4.78 is 16.6. The molecule has 3 fully saturated rings. The molecule has 0 N–H and O–H groups in total. The van der Waals surface area contributed by atoms with Gasteiger partial charge < -0.3 is 14.2 Å². The van der Waals surface area contributed by atoms with Gasteiger partial charge in [0.15, 0.2) is 0 Å². The second kappa shape index (κ2) is 9.75. The zero-order valence-electron chi connectivity index (χ0n) is 21.1. The van der Waals surface area contributed by atoms with Crippen LogP contribution in [0.1, 0.15) is 76.1 Å². The zero-order chi connectivity index (χ0) is 25.4. The number of hydrogen-bond donors (Lipinski definition) is 0. The minimum atomic E-state index is -0.685. The van der Waals surface area contributed by atoms with E-state index in [0.29, 0.717) is 31.2 Å². The summed E-state index contributed by atoms with van der Waals surface area (Å²) in [6.45, 7) is 5.43. The quantitative estimate of drug-likeness (QED) is 0.448. The van der Waals surface area contributed by atoms with Crippen molar-refractivity contribution in [1.82, 2.24) is 0 Å². The van der Waals surface area contributed by atoms with Gasteiger partial charge in [-0.1, -0.05) is 32.0 Å². The number of esters is 3. The summed E-state index contributed by atoms with van der Waals surface area (Å²) >= 11 is 0. The molecule has 3 aliphatic rings. The molecule has 0 heterocycles. The number of carbonyl (C=O) groups excluding carboxylic acids is 4. The summed E-state index contributed by atoms with van der Waals surface area (Å²) in [6, 6.07) is 8.95. The Balaban J connectivity index is 1.56. The van der Waals surface area contributed by atoms with Crippen LogP contribution in [0.25, 0.3) is 0 Å². The fourth-order valence-corrected chi connectivity index (χ4v) is 7.11. The van der Waals surface area contributed by atoms with Crippen LogP contribution in [0.3, 0.4) is 0 Å². The van der Waals surface area contributed by atoms with E-state index in [1.165, 1.54) is 14.0 Å². The molecule has 0 aromatic heterocycles. The lowest BCUT2D eigenvalue weighted by atomic mass is 9.51. The number of ketones is 1. The molecule has 1 aromatic rings. The van der Waals surface area contributed by atoms with Crippen molar-refractivity contribution in [2.75, 3.05) is 7.11 Å². The Morgan fingerprint density at radius 1 is 0.914 bits per heavy atom. The molecule has 3 aliphatic carbocycles. The molecular formula is C28H36O7. The maximum Gasteiger partial charge on any atom is 0.338 e. The highest BCUT2D eigenvalue weighted by atomic mass is 16.5.